The number of morpholine rings is 1. The zero-order valence-electron chi connectivity index (χ0n) is 14.1. The van der Waals surface area contributed by atoms with Crippen LogP contribution >= 0.6 is 23.4 Å². The topological polar surface area (TPSA) is 66.8 Å². The summed E-state index contributed by atoms with van der Waals surface area (Å²) in [7, 11) is 0. The van der Waals surface area contributed by atoms with Crippen LogP contribution in [-0.2, 0) is 9.53 Å². The first-order valence-corrected chi connectivity index (χ1v) is 9.58. The molecule has 1 aliphatic rings. The van der Waals surface area contributed by atoms with E-state index < -0.39 is 0 Å². The second kappa shape index (κ2) is 9.56. The van der Waals surface area contributed by atoms with Gasteiger partial charge in [-0.25, -0.2) is 9.98 Å². The van der Waals surface area contributed by atoms with Gasteiger partial charge in [0, 0.05) is 19.3 Å². The SMILES string of the molecule is O=C(CSC(=Nc1ccccc1)N1CCOCC1)Nc1ccc(Cl)cn1. The maximum atomic E-state index is 12.2. The van der Waals surface area contributed by atoms with Crippen molar-refractivity contribution < 1.29 is 9.53 Å². The fourth-order valence-electron chi connectivity index (χ4n) is 2.32. The lowest BCUT2D eigenvalue weighted by Gasteiger charge is -2.29. The average Bonchev–Trinajstić information content (AvgIpc) is 2.68. The standard InChI is InChI=1S/C18H19ClN4O2S/c19-14-6-7-16(20-12-14)22-17(24)13-26-18(23-8-10-25-11-9-23)21-15-4-2-1-3-5-15/h1-7,12H,8-11,13H2,(H,20,22,24). The van der Waals surface area contributed by atoms with Gasteiger partial charge >= 0.3 is 0 Å². The molecule has 1 aromatic carbocycles. The van der Waals surface area contributed by atoms with Gasteiger partial charge in [-0.3, -0.25) is 4.79 Å². The normalized spacial score (nSPS) is 15.0. The summed E-state index contributed by atoms with van der Waals surface area (Å²) in [4.78, 5) is 23.2. The first-order chi connectivity index (χ1) is 12.7. The molecule has 26 heavy (non-hydrogen) atoms. The lowest BCUT2D eigenvalue weighted by molar-refractivity contribution is -0.113. The van der Waals surface area contributed by atoms with E-state index in [0.717, 1.165) is 23.9 Å². The van der Waals surface area contributed by atoms with Crippen LogP contribution in [0.4, 0.5) is 11.5 Å². The van der Waals surface area contributed by atoms with Crippen molar-refractivity contribution in [2.24, 2.45) is 4.99 Å². The smallest absolute Gasteiger partial charge is 0.236 e. The van der Waals surface area contributed by atoms with Gasteiger partial charge in [0.1, 0.15) is 5.82 Å². The lowest BCUT2D eigenvalue weighted by atomic mass is 10.3. The van der Waals surface area contributed by atoms with E-state index in [4.69, 9.17) is 21.3 Å². The van der Waals surface area contributed by atoms with Gasteiger partial charge < -0.3 is 15.0 Å². The summed E-state index contributed by atoms with van der Waals surface area (Å²) in [6, 6.07) is 13.1. The number of carbonyl (C=O) groups is 1. The molecule has 0 unspecified atom stereocenters. The number of hydrogen-bond donors (Lipinski definition) is 1. The monoisotopic (exact) mass is 390 g/mol. The third-order valence-electron chi connectivity index (χ3n) is 3.59. The van der Waals surface area contributed by atoms with E-state index in [1.807, 2.05) is 30.3 Å². The number of amidine groups is 1. The van der Waals surface area contributed by atoms with Crippen molar-refractivity contribution in [3.05, 3.63) is 53.7 Å². The van der Waals surface area contributed by atoms with E-state index in [1.54, 1.807) is 12.1 Å². The zero-order valence-corrected chi connectivity index (χ0v) is 15.7. The largest absolute Gasteiger partial charge is 0.378 e. The first kappa shape index (κ1) is 18.7. The Morgan fingerprint density at radius 3 is 2.69 bits per heavy atom. The Labute approximate surface area is 161 Å². The maximum absolute atomic E-state index is 12.2. The number of anilines is 1. The van der Waals surface area contributed by atoms with E-state index >= 15 is 0 Å². The Morgan fingerprint density at radius 2 is 2.00 bits per heavy atom. The highest BCUT2D eigenvalue weighted by atomic mass is 35.5. The fraction of sp³-hybridized carbons (Fsp3) is 0.278. The molecule has 6 nitrogen and oxygen atoms in total. The molecule has 3 rings (SSSR count). The van der Waals surface area contributed by atoms with Crippen molar-refractivity contribution in [3.8, 4) is 0 Å². The van der Waals surface area contributed by atoms with Crippen molar-refractivity contribution in [2.75, 3.05) is 37.4 Å². The van der Waals surface area contributed by atoms with Gasteiger partial charge in [-0.2, -0.15) is 0 Å². The number of aliphatic imine (C=N–C) groups is 1. The molecule has 2 aromatic rings. The fourth-order valence-corrected chi connectivity index (χ4v) is 3.30. The summed E-state index contributed by atoms with van der Waals surface area (Å²) in [5.74, 6) is 0.583. The number of pyridine rings is 1. The predicted octanol–water partition coefficient (Wildman–Crippen LogP) is 3.43. The molecule has 0 radical (unpaired) electrons. The van der Waals surface area contributed by atoms with Gasteiger partial charge in [-0.05, 0) is 24.3 Å². The van der Waals surface area contributed by atoms with Crippen molar-refractivity contribution in [2.45, 2.75) is 0 Å². The van der Waals surface area contributed by atoms with Crippen molar-refractivity contribution >= 4 is 45.9 Å². The average molecular weight is 391 g/mol. The minimum Gasteiger partial charge on any atom is -0.378 e. The van der Waals surface area contributed by atoms with Crippen LogP contribution in [-0.4, -0.2) is 53.0 Å². The molecule has 1 aromatic heterocycles. The van der Waals surface area contributed by atoms with Gasteiger partial charge in [0.2, 0.25) is 5.91 Å². The minimum absolute atomic E-state index is 0.140. The quantitative estimate of drug-likeness (QED) is 0.640. The van der Waals surface area contributed by atoms with E-state index in [1.165, 1.54) is 18.0 Å². The van der Waals surface area contributed by atoms with E-state index in [9.17, 15) is 4.79 Å². The zero-order chi connectivity index (χ0) is 18.2. The number of amides is 1. The highest BCUT2D eigenvalue weighted by molar-refractivity contribution is 8.14. The van der Waals surface area contributed by atoms with Gasteiger partial charge in [-0.15, -0.1) is 0 Å². The molecule has 2 heterocycles. The molecule has 1 saturated heterocycles. The summed E-state index contributed by atoms with van der Waals surface area (Å²) in [5.41, 5.74) is 0.862. The highest BCUT2D eigenvalue weighted by Crippen LogP contribution is 2.19. The Balaban J connectivity index is 1.64. The molecule has 1 aliphatic heterocycles. The van der Waals surface area contributed by atoms with E-state index in [0.29, 0.717) is 24.1 Å². The molecular weight excluding hydrogens is 372 g/mol. The molecule has 1 fully saturated rings. The molecule has 1 amide bonds. The third kappa shape index (κ3) is 5.72. The van der Waals surface area contributed by atoms with Crippen LogP contribution in [0.2, 0.25) is 5.02 Å². The van der Waals surface area contributed by atoms with Gasteiger partial charge in [0.25, 0.3) is 0 Å². The maximum Gasteiger partial charge on any atom is 0.236 e. The summed E-state index contributed by atoms with van der Waals surface area (Å²) >= 11 is 7.21. The Bertz CT molecular complexity index is 750. The number of hydrogen-bond acceptors (Lipinski definition) is 5. The van der Waals surface area contributed by atoms with Crippen LogP contribution in [0, 0.1) is 0 Å². The number of halogens is 1. The molecule has 136 valence electrons. The van der Waals surface area contributed by atoms with Crippen molar-refractivity contribution in [1.82, 2.24) is 9.88 Å². The Morgan fingerprint density at radius 1 is 1.23 bits per heavy atom. The highest BCUT2D eigenvalue weighted by Gasteiger charge is 2.17. The number of ether oxygens (including phenoxy) is 1. The van der Waals surface area contributed by atoms with Crippen molar-refractivity contribution in [1.29, 1.82) is 0 Å². The van der Waals surface area contributed by atoms with Crippen LogP contribution in [0.1, 0.15) is 0 Å². The molecular formula is C18H19ClN4O2S. The molecule has 0 atom stereocenters. The Hall–Kier alpha value is -2.09. The second-order valence-electron chi connectivity index (χ2n) is 5.53. The second-order valence-corrected chi connectivity index (χ2v) is 6.91. The van der Waals surface area contributed by atoms with Crippen LogP contribution in [0.5, 0.6) is 0 Å². The number of carbonyl (C=O) groups excluding carboxylic acids is 1. The summed E-state index contributed by atoms with van der Waals surface area (Å²) in [6.07, 6.45) is 1.50. The molecule has 8 heteroatoms. The lowest BCUT2D eigenvalue weighted by Crippen LogP contribution is -2.39. The van der Waals surface area contributed by atoms with Gasteiger partial charge in [0.05, 0.1) is 29.7 Å². The molecule has 0 bridgehead atoms. The summed E-state index contributed by atoms with van der Waals surface area (Å²) in [6.45, 7) is 2.85. The van der Waals surface area contributed by atoms with E-state index in [2.05, 4.69) is 15.2 Å². The number of thioether (sulfide) groups is 1. The number of benzene rings is 1. The minimum atomic E-state index is -0.140. The van der Waals surface area contributed by atoms with Crippen LogP contribution in [0.3, 0.4) is 0 Å². The van der Waals surface area contributed by atoms with Crippen LogP contribution in [0.15, 0.2) is 53.7 Å². The Kier molecular flexibility index (Phi) is 6.88. The number of nitrogens with zero attached hydrogens (tertiary/aromatic N) is 3. The van der Waals surface area contributed by atoms with E-state index in [-0.39, 0.29) is 11.7 Å². The number of aromatic nitrogens is 1. The van der Waals surface area contributed by atoms with Crippen LogP contribution < -0.4 is 5.32 Å². The van der Waals surface area contributed by atoms with Gasteiger partial charge in [0.15, 0.2) is 5.17 Å². The molecule has 0 spiro atoms. The third-order valence-corrected chi connectivity index (χ3v) is 4.83. The van der Waals surface area contributed by atoms with Crippen molar-refractivity contribution in [3.63, 3.8) is 0 Å². The molecule has 0 saturated carbocycles. The van der Waals surface area contributed by atoms with Gasteiger partial charge in [-0.1, -0.05) is 41.6 Å². The van der Waals surface area contributed by atoms with Crippen LogP contribution in [0.25, 0.3) is 0 Å². The molecule has 0 aliphatic carbocycles. The predicted molar refractivity (Wildman–Crippen MR) is 106 cm³/mol. The number of nitrogens with one attached hydrogen (secondary N) is 1. The summed E-state index contributed by atoms with van der Waals surface area (Å²) < 4.78 is 5.41. The first-order valence-electron chi connectivity index (χ1n) is 8.21. The number of rotatable bonds is 4. The summed E-state index contributed by atoms with van der Waals surface area (Å²) in [5, 5.41) is 4.11. The number of para-hydroxylation sites is 1. The molecule has 1 N–H and O–H groups in total.